The molecule has 15 heteroatoms. The van der Waals surface area contributed by atoms with Crippen LogP contribution in [0.5, 0.6) is 5.75 Å². The molecule has 4 N–H and O–H groups in total. The third-order valence-corrected chi connectivity index (χ3v) is 10.5. The van der Waals surface area contributed by atoms with Crippen molar-refractivity contribution in [3.8, 4) is 28.1 Å². The molecular formula is C40H40N8O6S. The molecule has 1 atom stereocenters. The number of hydrogen-bond acceptors (Lipinski definition) is 12. The maximum atomic E-state index is 13.4. The standard InChI is InChI=1S/C33H32N8O3.C7H8O3S/c1-20(41-32-28(31(34)36-19-37-32)29(38-41)23-15-24(42)17-35-16-23)30-27(25-8-3-4-9-26(25)33(43)44-30)22-7-5-6-21(14-22)18-40-12-10-39(2)11-13-40;1-6-2-4-7(5-3-6)11(8,9)10/h3-9,14-17,19-20,42H,10-13,18H2,1-2H3,(H2,34,36,37);2-5H,1H3,(H,8,9,10)/t20-;/m0./s1. The maximum Gasteiger partial charge on any atom is 0.343 e. The first-order valence-electron chi connectivity index (χ1n) is 17.6. The molecule has 1 aliphatic rings. The zero-order chi connectivity index (χ0) is 38.9. The van der Waals surface area contributed by atoms with Crippen LogP contribution in [0.2, 0.25) is 0 Å². The van der Waals surface area contributed by atoms with E-state index in [2.05, 4.69) is 56.1 Å². The number of hydrogen-bond donors (Lipinski definition) is 3. The number of fused-ring (bicyclic) bond motifs is 2. The number of aryl methyl sites for hydroxylation is 1. The highest BCUT2D eigenvalue weighted by Crippen LogP contribution is 2.39. The average Bonchev–Trinajstić information content (AvgIpc) is 3.57. The van der Waals surface area contributed by atoms with Gasteiger partial charge in [-0.3, -0.25) is 14.4 Å². The molecular weight excluding hydrogens is 721 g/mol. The summed E-state index contributed by atoms with van der Waals surface area (Å²) in [5, 5.41) is 16.8. The summed E-state index contributed by atoms with van der Waals surface area (Å²) in [6.45, 7) is 8.71. The van der Waals surface area contributed by atoms with Gasteiger partial charge in [-0.05, 0) is 62.4 Å². The summed E-state index contributed by atoms with van der Waals surface area (Å²) in [7, 11) is -1.87. The van der Waals surface area contributed by atoms with Crippen LogP contribution in [0.3, 0.4) is 0 Å². The van der Waals surface area contributed by atoms with Crippen LogP contribution in [0.1, 0.15) is 29.9 Å². The van der Waals surface area contributed by atoms with Crippen LogP contribution in [0.4, 0.5) is 5.82 Å². The number of nitrogens with zero attached hydrogens (tertiary/aromatic N) is 7. The Morgan fingerprint density at radius 2 is 1.64 bits per heavy atom. The van der Waals surface area contributed by atoms with Gasteiger partial charge in [-0.1, -0.05) is 54.1 Å². The number of rotatable bonds is 7. The Hall–Kier alpha value is -6.00. The average molecular weight is 761 g/mol. The Morgan fingerprint density at radius 3 is 2.35 bits per heavy atom. The molecule has 0 amide bonds. The van der Waals surface area contributed by atoms with Crippen LogP contribution in [0, 0.1) is 6.92 Å². The minimum atomic E-state index is -4.02. The molecule has 0 radical (unpaired) electrons. The minimum absolute atomic E-state index is 0.00654. The number of piperazine rings is 1. The van der Waals surface area contributed by atoms with E-state index in [1.807, 2.05) is 32.0 Å². The molecule has 14 nitrogen and oxygen atoms in total. The molecule has 0 bridgehead atoms. The van der Waals surface area contributed by atoms with Crippen LogP contribution in [0.25, 0.3) is 44.2 Å². The number of aromatic hydroxyl groups is 1. The summed E-state index contributed by atoms with van der Waals surface area (Å²) < 4.78 is 37.4. The summed E-state index contributed by atoms with van der Waals surface area (Å²) in [5.74, 6) is 0.684. The third kappa shape index (κ3) is 7.95. The van der Waals surface area contributed by atoms with Gasteiger partial charge in [-0.25, -0.2) is 19.4 Å². The molecule has 0 saturated carbocycles. The fraction of sp³-hybridized carbons (Fsp3) is 0.225. The van der Waals surface area contributed by atoms with Gasteiger partial charge in [0.05, 0.1) is 21.9 Å². The van der Waals surface area contributed by atoms with Crippen LogP contribution in [0.15, 0.2) is 112 Å². The molecule has 7 aromatic rings. The van der Waals surface area contributed by atoms with Crippen LogP contribution in [-0.4, -0.2) is 85.8 Å². The number of benzene rings is 3. The number of anilines is 1. The zero-order valence-corrected chi connectivity index (χ0v) is 31.3. The van der Waals surface area contributed by atoms with Crippen molar-refractivity contribution in [1.82, 2.24) is 34.5 Å². The Labute approximate surface area is 317 Å². The molecule has 3 aromatic carbocycles. The van der Waals surface area contributed by atoms with Gasteiger partial charge < -0.3 is 20.2 Å². The highest BCUT2D eigenvalue weighted by Gasteiger charge is 2.27. The van der Waals surface area contributed by atoms with Crippen molar-refractivity contribution >= 4 is 37.7 Å². The van der Waals surface area contributed by atoms with E-state index in [-0.39, 0.29) is 16.5 Å². The first-order valence-corrected chi connectivity index (χ1v) is 19.0. The van der Waals surface area contributed by atoms with E-state index < -0.39 is 21.8 Å². The number of aromatic nitrogens is 5. The van der Waals surface area contributed by atoms with Crippen LogP contribution < -0.4 is 11.4 Å². The van der Waals surface area contributed by atoms with Crippen molar-refractivity contribution in [1.29, 1.82) is 0 Å². The van der Waals surface area contributed by atoms with Crippen molar-refractivity contribution in [2.75, 3.05) is 39.0 Å². The molecule has 8 rings (SSSR count). The van der Waals surface area contributed by atoms with Gasteiger partial charge in [0, 0.05) is 55.4 Å². The van der Waals surface area contributed by atoms with Crippen LogP contribution in [-0.2, 0) is 16.7 Å². The summed E-state index contributed by atoms with van der Waals surface area (Å²) >= 11 is 0. The predicted octanol–water partition coefficient (Wildman–Crippen LogP) is 5.55. The largest absolute Gasteiger partial charge is 0.506 e. The van der Waals surface area contributed by atoms with E-state index in [0.717, 1.165) is 54.8 Å². The van der Waals surface area contributed by atoms with E-state index >= 15 is 0 Å². The van der Waals surface area contributed by atoms with E-state index in [1.165, 1.54) is 30.2 Å². The lowest BCUT2D eigenvalue weighted by atomic mass is 9.94. The molecule has 4 aromatic heterocycles. The molecule has 1 aliphatic heterocycles. The number of nitrogens with two attached hydrogens (primary N) is 1. The molecule has 0 unspecified atom stereocenters. The lowest BCUT2D eigenvalue weighted by Crippen LogP contribution is -2.43. The second-order valence-corrected chi connectivity index (χ2v) is 15.0. The lowest BCUT2D eigenvalue weighted by molar-refractivity contribution is 0.148. The molecule has 0 aliphatic carbocycles. The fourth-order valence-electron chi connectivity index (χ4n) is 6.75. The normalized spacial score (nSPS) is 14.5. The molecule has 0 spiro atoms. The monoisotopic (exact) mass is 760 g/mol. The summed E-state index contributed by atoms with van der Waals surface area (Å²) in [6, 6.07) is 22.9. The van der Waals surface area contributed by atoms with Crippen molar-refractivity contribution in [3.63, 3.8) is 0 Å². The second kappa shape index (κ2) is 15.4. The predicted molar refractivity (Wildman–Crippen MR) is 210 cm³/mol. The molecule has 1 fully saturated rings. The lowest BCUT2D eigenvalue weighted by Gasteiger charge is -2.32. The first-order chi connectivity index (χ1) is 26.4. The molecule has 1 saturated heterocycles. The van der Waals surface area contributed by atoms with Crippen molar-refractivity contribution in [2.24, 2.45) is 0 Å². The molecule has 55 heavy (non-hydrogen) atoms. The van der Waals surface area contributed by atoms with Gasteiger partial charge in [0.25, 0.3) is 10.1 Å². The number of pyridine rings is 1. The van der Waals surface area contributed by atoms with Gasteiger partial charge in [0.15, 0.2) is 5.65 Å². The van der Waals surface area contributed by atoms with E-state index in [1.54, 1.807) is 35.1 Å². The van der Waals surface area contributed by atoms with Crippen molar-refractivity contribution in [2.45, 2.75) is 31.3 Å². The fourth-order valence-corrected chi connectivity index (χ4v) is 7.23. The minimum Gasteiger partial charge on any atom is -0.506 e. The molecule has 282 valence electrons. The SMILES string of the molecule is C[C@@H](c1oc(=O)c2ccccc2c1-c1cccc(CN2CCN(C)CC2)c1)n1nc(-c2cncc(O)c2)c2c(N)ncnc21.Cc1ccc(S(=O)(=O)O)cc1. The van der Waals surface area contributed by atoms with Gasteiger partial charge in [0.1, 0.15) is 35.4 Å². The third-order valence-electron chi connectivity index (χ3n) is 9.66. The van der Waals surface area contributed by atoms with Crippen LogP contribution >= 0.6 is 0 Å². The van der Waals surface area contributed by atoms with Crippen molar-refractivity contribution in [3.05, 3.63) is 125 Å². The van der Waals surface area contributed by atoms with E-state index in [4.69, 9.17) is 19.8 Å². The van der Waals surface area contributed by atoms with Gasteiger partial charge in [-0.2, -0.15) is 13.5 Å². The Morgan fingerprint density at radius 1 is 0.909 bits per heavy atom. The second-order valence-electron chi connectivity index (χ2n) is 13.6. The first kappa shape index (κ1) is 37.3. The van der Waals surface area contributed by atoms with Crippen molar-refractivity contribution < 1.29 is 22.5 Å². The van der Waals surface area contributed by atoms with Gasteiger partial charge >= 0.3 is 5.63 Å². The Bertz CT molecular complexity index is 2670. The highest BCUT2D eigenvalue weighted by molar-refractivity contribution is 7.85. The summed E-state index contributed by atoms with van der Waals surface area (Å²) in [5.41, 5.74) is 11.3. The highest BCUT2D eigenvalue weighted by atomic mass is 32.2. The molecule has 5 heterocycles. The zero-order valence-electron chi connectivity index (χ0n) is 30.5. The number of nitrogen functional groups attached to an aromatic ring is 1. The quantitative estimate of drug-likeness (QED) is 0.172. The maximum absolute atomic E-state index is 13.4. The van der Waals surface area contributed by atoms with Gasteiger partial charge in [-0.15, -0.1) is 0 Å². The summed E-state index contributed by atoms with van der Waals surface area (Å²) in [4.78, 5) is 30.9. The Kier molecular flexibility index (Phi) is 10.4. The van der Waals surface area contributed by atoms with Gasteiger partial charge in [0.2, 0.25) is 0 Å². The van der Waals surface area contributed by atoms with E-state index in [9.17, 15) is 18.3 Å². The smallest absolute Gasteiger partial charge is 0.343 e. The Balaban J connectivity index is 0.000000366. The number of likely N-dealkylation sites (N-methyl/N-ethyl adjacent to an activating group) is 1. The topological polar surface area (TPSA) is 194 Å². The van der Waals surface area contributed by atoms with E-state index in [0.29, 0.717) is 33.4 Å². The summed E-state index contributed by atoms with van der Waals surface area (Å²) in [6.07, 6.45) is 4.32.